The van der Waals surface area contributed by atoms with Gasteiger partial charge in [0, 0.05) is 35.0 Å². The summed E-state index contributed by atoms with van der Waals surface area (Å²) >= 11 is 1.58. The molecule has 0 saturated carbocycles. The predicted octanol–water partition coefficient (Wildman–Crippen LogP) is 3.26. The van der Waals surface area contributed by atoms with Crippen LogP contribution in [0.25, 0.3) is 5.13 Å². The molecule has 2 aromatic rings. The molecule has 1 aliphatic heterocycles. The molecule has 8 heteroatoms. The monoisotopic (exact) mass is 390 g/mol. The lowest BCUT2D eigenvalue weighted by Gasteiger charge is -2.30. The average molecular weight is 391 g/mol. The fourth-order valence-corrected chi connectivity index (χ4v) is 3.85. The number of aryl methyl sites for hydroxylation is 1. The number of aromatic nitrogens is 2. The molecule has 134 valence electrons. The van der Waals surface area contributed by atoms with Gasteiger partial charge in [0.05, 0.1) is 5.56 Å². The van der Waals surface area contributed by atoms with Crippen LogP contribution in [0.15, 0.2) is 17.6 Å². The van der Waals surface area contributed by atoms with Gasteiger partial charge >= 0.3 is 0 Å². The second kappa shape index (κ2) is 8.85. The minimum absolute atomic E-state index is 0. The van der Waals surface area contributed by atoms with Crippen molar-refractivity contribution in [3.05, 3.63) is 34.6 Å². The van der Waals surface area contributed by atoms with Crippen LogP contribution in [0.5, 0.6) is 0 Å². The second-order valence-electron chi connectivity index (χ2n) is 5.90. The molecule has 1 fully saturated rings. The van der Waals surface area contributed by atoms with Crippen LogP contribution < -0.4 is 10.6 Å². The van der Waals surface area contributed by atoms with Crippen LogP contribution in [0.3, 0.4) is 0 Å². The number of nitrogens with zero attached hydrogens (tertiary/aromatic N) is 2. The molecule has 0 bridgehead atoms. The van der Waals surface area contributed by atoms with E-state index < -0.39 is 0 Å². The van der Waals surface area contributed by atoms with E-state index in [2.05, 4.69) is 22.5 Å². The third-order valence-electron chi connectivity index (χ3n) is 4.36. The molecule has 3 heterocycles. The van der Waals surface area contributed by atoms with Crippen molar-refractivity contribution in [3.8, 4) is 5.13 Å². The van der Waals surface area contributed by atoms with E-state index >= 15 is 0 Å². The van der Waals surface area contributed by atoms with Crippen molar-refractivity contribution in [3.63, 3.8) is 0 Å². The number of halogens is 2. The Morgan fingerprint density at radius 1 is 1.42 bits per heavy atom. The Labute approximate surface area is 159 Å². The smallest absolute Gasteiger partial charge is 0.253 e. The number of amides is 1. The highest BCUT2D eigenvalue weighted by Crippen LogP contribution is 2.22. The van der Waals surface area contributed by atoms with Gasteiger partial charge in [0.15, 0.2) is 5.13 Å². The summed E-state index contributed by atoms with van der Waals surface area (Å²) in [6.45, 7) is 7.15. The highest BCUT2D eigenvalue weighted by molar-refractivity contribution is 7.12. The molecule has 0 radical (unpaired) electrons. The quantitative estimate of drug-likeness (QED) is 0.845. The summed E-state index contributed by atoms with van der Waals surface area (Å²) in [6.07, 6.45) is 3.92. The Hall–Kier alpha value is -1.08. The molecular weight excluding hydrogens is 367 g/mol. The van der Waals surface area contributed by atoms with Gasteiger partial charge in [-0.1, -0.05) is 0 Å². The van der Waals surface area contributed by atoms with Gasteiger partial charge in [-0.05, 0) is 46.2 Å². The van der Waals surface area contributed by atoms with Crippen molar-refractivity contribution in [2.45, 2.75) is 45.7 Å². The molecule has 0 spiro atoms. The Balaban J connectivity index is 0.00000144. The van der Waals surface area contributed by atoms with Gasteiger partial charge < -0.3 is 10.6 Å². The lowest BCUT2D eigenvalue weighted by atomic mass is 9.99. The maximum atomic E-state index is 12.6. The summed E-state index contributed by atoms with van der Waals surface area (Å²) in [5.41, 5.74) is 2.72. The van der Waals surface area contributed by atoms with Gasteiger partial charge in [-0.2, -0.15) is 0 Å². The van der Waals surface area contributed by atoms with Crippen LogP contribution in [0.1, 0.15) is 41.5 Å². The van der Waals surface area contributed by atoms with E-state index in [1.165, 1.54) is 0 Å². The van der Waals surface area contributed by atoms with Gasteiger partial charge in [-0.25, -0.2) is 4.98 Å². The number of rotatable bonds is 3. The zero-order chi connectivity index (χ0) is 15.7. The second-order valence-corrected chi connectivity index (χ2v) is 6.77. The van der Waals surface area contributed by atoms with E-state index in [-0.39, 0.29) is 36.8 Å². The summed E-state index contributed by atoms with van der Waals surface area (Å²) in [7, 11) is 0. The van der Waals surface area contributed by atoms with Crippen LogP contribution in [-0.2, 0) is 0 Å². The molecular formula is C16H24Cl2N4OS. The van der Waals surface area contributed by atoms with Crippen LogP contribution in [0.2, 0.25) is 0 Å². The first-order chi connectivity index (χ1) is 10.6. The van der Waals surface area contributed by atoms with Crippen molar-refractivity contribution in [2.24, 2.45) is 0 Å². The van der Waals surface area contributed by atoms with Gasteiger partial charge in [0.1, 0.15) is 0 Å². The van der Waals surface area contributed by atoms with Gasteiger partial charge in [0.25, 0.3) is 5.91 Å². The van der Waals surface area contributed by atoms with E-state index in [4.69, 9.17) is 0 Å². The average Bonchev–Trinajstić information content (AvgIpc) is 3.09. The van der Waals surface area contributed by atoms with Crippen molar-refractivity contribution >= 4 is 42.1 Å². The fourth-order valence-electron chi connectivity index (χ4n) is 3.10. The Morgan fingerprint density at radius 3 is 2.79 bits per heavy atom. The summed E-state index contributed by atoms with van der Waals surface area (Å²) in [6, 6.07) is 2.47. The molecule has 1 aliphatic rings. The minimum Gasteiger partial charge on any atom is -0.348 e. The van der Waals surface area contributed by atoms with Crippen LogP contribution in [0, 0.1) is 13.8 Å². The molecule has 5 nitrogen and oxygen atoms in total. The lowest BCUT2D eigenvalue weighted by Crippen LogP contribution is -2.51. The largest absolute Gasteiger partial charge is 0.348 e. The number of nitrogens with one attached hydrogen (secondary N) is 2. The normalized spacial score (nSPS) is 20.0. The Morgan fingerprint density at radius 2 is 2.17 bits per heavy atom. The fraction of sp³-hybridized carbons (Fsp3) is 0.500. The number of thiazole rings is 1. The first-order valence-electron chi connectivity index (χ1n) is 7.71. The highest BCUT2D eigenvalue weighted by atomic mass is 35.5. The van der Waals surface area contributed by atoms with E-state index in [0.29, 0.717) is 6.04 Å². The summed E-state index contributed by atoms with van der Waals surface area (Å²) in [5.74, 6) is 0.0106. The third-order valence-corrected chi connectivity index (χ3v) is 5.12. The Kier molecular flexibility index (Phi) is 7.73. The van der Waals surface area contributed by atoms with Crippen molar-refractivity contribution in [1.82, 2.24) is 20.2 Å². The number of hydrogen-bond acceptors (Lipinski definition) is 4. The molecule has 0 aromatic carbocycles. The molecule has 24 heavy (non-hydrogen) atoms. The van der Waals surface area contributed by atoms with Crippen molar-refractivity contribution in [1.29, 1.82) is 0 Å². The van der Waals surface area contributed by atoms with E-state index in [0.717, 1.165) is 41.5 Å². The van der Waals surface area contributed by atoms with Crippen molar-refractivity contribution in [2.75, 3.05) is 6.54 Å². The molecule has 1 saturated heterocycles. The molecule has 1 amide bonds. The van der Waals surface area contributed by atoms with Gasteiger partial charge in [-0.15, -0.1) is 36.2 Å². The van der Waals surface area contributed by atoms with Crippen molar-refractivity contribution < 1.29 is 4.79 Å². The predicted molar refractivity (Wildman–Crippen MR) is 103 cm³/mol. The molecule has 2 atom stereocenters. The summed E-state index contributed by atoms with van der Waals surface area (Å²) < 4.78 is 2.04. The first-order valence-corrected chi connectivity index (χ1v) is 8.59. The van der Waals surface area contributed by atoms with Gasteiger partial charge in [-0.3, -0.25) is 9.36 Å². The number of carbonyl (C=O) groups excluding carboxylic acids is 1. The van der Waals surface area contributed by atoms with Gasteiger partial charge in [0.2, 0.25) is 0 Å². The molecule has 2 unspecified atom stereocenters. The van der Waals surface area contributed by atoms with E-state index in [9.17, 15) is 4.79 Å². The SMILES string of the molecule is Cc1cc(C(=O)NC2CCCNC2C)c(C)n1-c1nccs1.Cl.Cl. The van der Waals surface area contributed by atoms with Crippen LogP contribution in [0.4, 0.5) is 0 Å². The Bertz CT molecular complexity index is 672. The maximum absolute atomic E-state index is 12.6. The molecule has 0 aliphatic carbocycles. The summed E-state index contributed by atoms with van der Waals surface area (Å²) in [4.78, 5) is 17.0. The maximum Gasteiger partial charge on any atom is 0.253 e. The number of hydrogen-bond donors (Lipinski definition) is 2. The number of piperidine rings is 1. The van der Waals surface area contributed by atoms with E-state index in [1.54, 1.807) is 17.5 Å². The zero-order valence-electron chi connectivity index (χ0n) is 14.0. The molecule has 2 aromatic heterocycles. The topological polar surface area (TPSA) is 59.0 Å². The van der Waals surface area contributed by atoms with Crippen LogP contribution in [-0.4, -0.2) is 34.1 Å². The molecule has 3 rings (SSSR count). The standard InChI is InChI=1S/C16H22N4OS.2ClH/c1-10-9-13(12(3)20(10)16-18-7-8-22-16)15(21)19-14-5-4-6-17-11(14)2;;/h7-9,11,14,17H,4-6H2,1-3H3,(H,19,21);2*1H. The molecule has 2 N–H and O–H groups in total. The third kappa shape index (κ3) is 4.11. The number of carbonyl (C=O) groups is 1. The van der Waals surface area contributed by atoms with Crippen LogP contribution >= 0.6 is 36.2 Å². The highest BCUT2D eigenvalue weighted by Gasteiger charge is 2.25. The lowest BCUT2D eigenvalue weighted by molar-refractivity contribution is 0.0919. The summed E-state index contributed by atoms with van der Waals surface area (Å²) in [5, 5.41) is 9.45. The van der Waals surface area contributed by atoms with E-state index in [1.807, 2.05) is 29.9 Å². The first kappa shape index (κ1) is 21.0. The minimum atomic E-state index is 0. The zero-order valence-corrected chi connectivity index (χ0v) is 16.5.